The van der Waals surface area contributed by atoms with Gasteiger partial charge in [-0.2, -0.15) is 4.31 Å². The molecule has 0 radical (unpaired) electrons. The maximum Gasteiger partial charge on any atom is 0.341 e. The smallest absolute Gasteiger partial charge is 0.341 e. The Morgan fingerprint density at radius 2 is 1.81 bits per heavy atom. The Bertz CT molecular complexity index is 958. The minimum absolute atomic E-state index is 0.00986. The van der Waals surface area contributed by atoms with Gasteiger partial charge in [-0.05, 0) is 31.0 Å². The SMILES string of the molecule is O=C(COC(=O)c1cc(S(=O)(=O)N2CCOCC2)ccc1F)NC(=O)NC1CCCCC1. The quantitative estimate of drug-likeness (QED) is 0.595. The molecule has 2 N–H and O–H groups in total. The first-order valence-electron chi connectivity index (χ1n) is 10.4. The largest absolute Gasteiger partial charge is 0.452 e. The third kappa shape index (κ3) is 6.24. The molecule has 0 unspecified atom stereocenters. The molecule has 12 heteroatoms. The Balaban J connectivity index is 1.56. The Labute approximate surface area is 185 Å². The van der Waals surface area contributed by atoms with E-state index in [-0.39, 0.29) is 37.2 Å². The summed E-state index contributed by atoms with van der Waals surface area (Å²) in [5.74, 6) is -3.10. The van der Waals surface area contributed by atoms with Gasteiger partial charge in [0, 0.05) is 19.1 Å². The molecular weight excluding hydrogens is 445 g/mol. The van der Waals surface area contributed by atoms with Crippen LogP contribution in [0, 0.1) is 5.82 Å². The average molecular weight is 472 g/mol. The number of nitrogens with one attached hydrogen (secondary N) is 2. The summed E-state index contributed by atoms with van der Waals surface area (Å²) < 4.78 is 50.7. The number of benzene rings is 1. The molecule has 3 amide bonds. The lowest BCUT2D eigenvalue weighted by Gasteiger charge is -2.26. The van der Waals surface area contributed by atoms with Crippen LogP contribution in [0.15, 0.2) is 23.1 Å². The standard InChI is InChI=1S/C20H26FN3O7S/c21-17-7-6-15(32(28,29)24-8-10-30-11-9-24)12-16(17)19(26)31-13-18(25)23-20(27)22-14-4-2-1-3-5-14/h6-7,12,14H,1-5,8-11,13H2,(H2,22,23,25,27). The normalized spacial score (nSPS) is 18.0. The number of sulfonamides is 1. The number of nitrogens with zero attached hydrogens (tertiary/aromatic N) is 1. The van der Waals surface area contributed by atoms with Gasteiger partial charge in [0.1, 0.15) is 5.82 Å². The van der Waals surface area contributed by atoms with Crippen LogP contribution in [-0.4, -0.2) is 69.6 Å². The highest BCUT2D eigenvalue weighted by Crippen LogP contribution is 2.21. The van der Waals surface area contributed by atoms with Gasteiger partial charge in [0.2, 0.25) is 10.0 Å². The van der Waals surface area contributed by atoms with Crippen molar-refractivity contribution in [3.63, 3.8) is 0 Å². The van der Waals surface area contributed by atoms with Crippen LogP contribution in [-0.2, 0) is 24.3 Å². The van der Waals surface area contributed by atoms with Gasteiger partial charge in [-0.25, -0.2) is 22.4 Å². The molecule has 10 nitrogen and oxygen atoms in total. The lowest BCUT2D eigenvalue weighted by atomic mass is 9.96. The molecule has 3 rings (SSSR count). The molecule has 2 fully saturated rings. The molecule has 1 aromatic rings. The molecular formula is C20H26FN3O7S. The van der Waals surface area contributed by atoms with Gasteiger partial charge in [0.15, 0.2) is 6.61 Å². The van der Waals surface area contributed by atoms with Crippen LogP contribution >= 0.6 is 0 Å². The number of halogens is 1. The number of hydrogen-bond acceptors (Lipinski definition) is 7. The Morgan fingerprint density at radius 1 is 1.12 bits per heavy atom. The summed E-state index contributed by atoms with van der Waals surface area (Å²) in [6.45, 7) is -0.0700. The lowest BCUT2D eigenvalue weighted by Crippen LogP contribution is -2.46. The van der Waals surface area contributed by atoms with E-state index in [2.05, 4.69) is 10.6 Å². The second kappa shape index (κ2) is 10.8. The van der Waals surface area contributed by atoms with Crippen molar-refractivity contribution in [2.45, 2.75) is 43.0 Å². The van der Waals surface area contributed by atoms with Crippen LogP contribution in [0.5, 0.6) is 0 Å². The van der Waals surface area contributed by atoms with E-state index in [0.717, 1.165) is 50.3 Å². The van der Waals surface area contributed by atoms with Crippen molar-refractivity contribution in [3.8, 4) is 0 Å². The van der Waals surface area contributed by atoms with Crippen molar-refractivity contribution < 1.29 is 36.7 Å². The van der Waals surface area contributed by atoms with Crippen molar-refractivity contribution in [3.05, 3.63) is 29.6 Å². The summed E-state index contributed by atoms with van der Waals surface area (Å²) in [6, 6.07) is 2.07. The number of morpholine rings is 1. The van der Waals surface area contributed by atoms with E-state index < -0.39 is 45.9 Å². The molecule has 1 aliphatic carbocycles. The van der Waals surface area contributed by atoms with Crippen molar-refractivity contribution >= 4 is 27.9 Å². The fourth-order valence-corrected chi connectivity index (χ4v) is 5.03. The summed E-state index contributed by atoms with van der Waals surface area (Å²) in [7, 11) is -3.95. The van der Waals surface area contributed by atoms with Gasteiger partial charge in [-0.1, -0.05) is 19.3 Å². The summed E-state index contributed by atoms with van der Waals surface area (Å²) in [5.41, 5.74) is -0.626. The van der Waals surface area contributed by atoms with Crippen LogP contribution in [0.25, 0.3) is 0 Å². The second-order valence-corrected chi connectivity index (χ2v) is 9.53. The van der Waals surface area contributed by atoms with E-state index in [4.69, 9.17) is 9.47 Å². The summed E-state index contributed by atoms with van der Waals surface area (Å²) in [5, 5.41) is 4.73. The first-order chi connectivity index (χ1) is 15.3. The zero-order valence-electron chi connectivity index (χ0n) is 17.5. The van der Waals surface area contributed by atoms with E-state index in [1.807, 2.05) is 0 Å². The minimum Gasteiger partial charge on any atom is -0.452 e. The fourth-order valence-electron chi connectivity index (χ4n) is 3.60. The van der Waals surface area contributed by atoms with E-state index >= 15 is 0 Å². The molecule has 0 atom stereocenters. The Morgan fingerprint density at radius 3 is 2.50 bits per heavy atom. The van der Waals surface area contributed by atoms with Crippen molar-refractivity contribution in [2.24, 2.45) is 0 Å². The molecule has 176 valence electrons. The van der Waals surface area contributed by atoms with Gasteiger partial charge in [-0.3, -0.25) is 10.1 Å². The maximum atomic E-state index is 14.2. The highest BCUT2D eigenvalue weighted by atomic mass is 32.2. The van der Waals surface area contributed by atoms with E-state index in [1.165, 1.54) is 4.31 Å². The number of carbonyl (C=O) groups excluding carboxylic acids is 3. The van der Waals surface area contributed by atoms with Gasteiger partial charge < -0.3 is 14.8 Å². The number of rotatable bonds is 6. The predicted octanol–water partition coefficient (Wildman–Crippen LogP) is 1.16. The predicted molar refractivity (Wildman–Crippen MR) is 110 cm³/mol. The van der Waals surface area contributed by atoms with Gasteiger partial charge in [0.05, 0.1) is 23.7 Å². The number of carbonyl (C=O) groups is 3. The Hall–Kier alpha value is -2.57. The molecule has 1 aromatic carbocycles. The fraction of sp³-hybridized carbons (Fsp3) is 0.550. The van der Waals surface area contributed by atoms with Crippen molar-refractivity contribution in [1.82, 2.24) is 14.9 Å². The number of imide groups is 1. The van der Waals surface area contributed by atoms with E-state index in [0.29, 0.717) is 0 Å². The molecule has 0 spiro atoms. The molecule has 0 bridgehead atoms. The van der Waals surface area contributed by atoms with Crippen LogP contribution in [0.2, 0.25) is 0 Å². The lowest BCUT2D eigenvalue weighted by molar-refractivity contribution is -0.123. The first kappa shape index (κ1) is 24.1. The van der Waals surface area contributed by atoms with Gasteiger partial charge in [-0.15, -0.1) is 0 Å². The highest BCUT2D eigenvalue weighted by Gasteiger charge is 2.28. The Kier molecular flexibility index (Phi) is 8.15. The summed E-state index contributed by atoms with van der Waals surface area (Å²) in [4.78, 5) is 35.7. The molecule has 2 aliphatic rings. The molecule has 1 saturated carbocycles. The maximum absolute atomic E-state index is 14.2. The van der Waals surface area contributed by atoms with Crippen LogP contribution < -0.4 is 10.6 Å². The topological polar surface area (TPSA) is 131 Å². The number of hydrogen-bond donors (Lipinski definition) is 2. The van der Waals surface area contributed by atoms with Crippen LogP contribution in [0.4, 0.5) is 9.18 Å². The number of esters is 1. The van der Waals surface area contributed by atoms with Crippen LogP contribution in [0.1, 0.15) is 42.5 Å². The van der Waals surface area contributed by atoms with E-state index in [9.17, 15) is 27.2 Å². The zero-order valence-corrected chi connectivity index (χ0v) is 18.3. The molecule has 32 heavy (non-hydrogen) atoms. The third-order valence-electron chi connectivity index (χ3n) is 5.29. The number of urea groups is 1. The third-order valence-corrected chi connectivity index (χ3v) is 7.19. The summed E-state index contributed by atoms with van der Waals surface area (Å²) in [6.07, 6.45) is 4.78. The van der Waals surface area contributed by atoms with Gasteiger partial charge >= 0.3 is 12.0 Å². The van der Waals surface area contributed by atoms with E-state index in [1.54, 1.807) is 0 Å². The van der Waals surface area contributed by atoms with Crippen molar-refractivity contribution in [2.75, 3.05) is 32.9 Å². The molecule has 1 heterocycles. The first-order valence-corrected chi connectivity index (χ1v) is 11.9. The molecule has 0 aromatic heterocycles. The average Bonchev–Trinajstić information content (AvgIpc) is 2.78. The van der Waals surface area contributed by atoms with Crippen LogP contribution in [0.3, 0.4) is 0 Å². The zero-order chi connectivity index (χ0) is 23.1. The summed E-state index contributed by atoms with van der Waals surface area (Å²) >= 11 is 0. The van der Waals surface area contributed by atoms with Crippen molar-refractivity contribution in [1.29, 1.82) is 0 Å². The number of amides is 3. The highest BCUT2D eigenvalue weighted by molar-refractivity contribution is 7.89. The minimum atomic E-state index is -3.95. The number of ether oxygens (including phenoxy) is 2. The second-order valence-electron chi connectivity index (χ2n) is 7.59. The molecule has 1 saturated heterocycles. The monoisotopic (exact) mass is 471 g/mol. The van der Waals surface area contributed by atoms with Gasteiger partial charge in [0.25, 0.3) is 5.91 Å². The molecule has 1 aliphatic heterocycles.